The number of aliphatic hydroxyl groups excluding tert-OH is 8. The van der Waals surface area contributed by atoms with E-state index in [0.29, 0.717) is 37.4 Å². The minimum atomic E-state index is -1.67. The number of rotatable bonds is 11. The molecule has 14 heteroatoms. The van der Waals surface area contributed by atoms with Gasteiger partial charge in [0.2, 0.25) is 0 Å². The number of carbonyl (C=O) groups is 1. The van der Waals surface area contributed by atoms with E-state index in [1.54, 1.807) is 13.8 Å². The Morgan fingerprint density at radius 2 is 1.45 bits per heavy atom. The Hall–Kier alpha value is -1.11. The van der Waals surface area contributed by atoms with Crippen LogP contribution in [0.3, 0.4) is 0 Å². The summed E-state index contributed by atoms with van der Waals surface area (Å²) >= 11 is 0. The van der Waals surface area contributed by atoms with Crippen LogP contribution in [0.4, 0.5) is 0 Å². The van der Waals surface area contributed by atoms with E-state index in [1.807, 2.05) is 0 Å². The van der Waals surface area contributed by atoms with Crippen LogP contribution in [0.2, 0.25) is 0 Å². The van der Waals surface area contributed by atoms with E-state index < -0.39 is 103 Å². The molecule has 0 amide bonds. The van der Waals surface area contributed by atoms with E-state index in [4.69, 9.17) is 18.9 Å². The average Bonchev–Trinajstić information content (AvgIpc) is 3.40. The van der Waals surface area contributed by atoms with Gasteiger partial charge in [-0.2, -0.15) is 0 Å². The Balaban J connectivity index is 1.16. The van der Waals surface area contributed by atoms with Crippen molar-refractivity contribution in [2.75, 3.05) is 13.2 Å². The second kappa shape index (κ2) is 15.7. The van der Waals surface area contributed by atoms with Gasteiger partial charge in [0.05, 0.1) is 31.0 Å². The average molecular weight is 799 g/mol. The maximum absolute atomic E-state index is 14.8. The van der Waals surface area contributed by atoms with Crippen molar-refractivity contribution in [3.8, 4) is 0 Å². The van der Waals surface area contributed by atoms with Crippen molar-refractivity contribution in [3.63, 3.8) is 0 Å². The molecule has 0 radical (unpaired) electrons. The lowest BCUT2D eigenvalue weighted by Gasteiger charge is -2.65. The predicted octanol–water partition coefficient (Wildman–Crippen LogP) is 1.33. The third-order valence-corrected chi connectivity index (χ3v) is 16.3. The van der Waals surface area contributed by atoms with Gasteiger partial charge in [-0.15, -0.1) is 0 Å². The highest BCUT2D eigenvalue weighted by atomic mass is 16.7. The number of ketones is 1. The van der Waals surface area contributed by atoms with E-state index in [-0.39, 0.29) is 28.6 Å². The first-order valence-electron chi connectivity index (χ1n) is 20.9. The Labute approximate surface area is 331 Å². The molecule has 6 rings (SSSR count). The van der Waals surface area contributed by atoms with Crippen molar-refractivity contribution in [1.82, 2.24) is 0 Å². The molecule has 322 valence electrons. The van der Waals surface area contributed by atoms with Crippen molar-refractivity contribution < 1.29 is 69.7 Å². The van der Waals surface area contributed by atoms with Crippen LogP contribution in [0.25, 0.3) is 0 Å². The fourth-order valence-corrected chi connectivity index (χ4v) is 12.3. The number of allylic oxidation sites excluding steroid dienone is 1. The van der Waals surface area contributed by atoms with Crippen LogP contribution in [0.15, 0.2) is 11.6 Å². The number of hydrogen-bond donors (Lipinski definition) is 9. The van der Waals surface area contributed by atoms with E-state index >= 15 is 0 Å². The van der Waals surface area contributed by atoms with Crippen molar-refractivity contribution in [2.45, 2.75) is 186 Å². The molecule has 56 heavy (non-hydrogen) atoms. The third-order valence-electron chi connectivity index (χ3n) is 16.3. The van der Waals surface area contributed by atoms with Crippen LogP contribution < -0.4 is 0 Å². The maximum Gasteiger partial charge on any atom is 0.187 e. The molecule has 2 saturated heterocycles. The number of aliphatic hydroxyl groups is 9. The molecule has 3 saturated carbocycles. The standard InChI is InChI=1S/C42H70O14/c1-20(9-13-27(44)39(4,5)52)21-15-16-40(6)26-12-10-22-23(42(26,8)28(45)17-41(21,40)7)11-14-29(38(22,2)3)56-37-35(51)33(49)31(47)25(55-37)19-53-36-34(50)32(48)30(46)24(18-43)54-36/h10,20-21,23-27,29-37,43-44,46-52H,9,11-19H2,1-8H3/t20-,21-,23-,24-,25-,26+,27-,29+,30-,31-,32+,33+,34-,35-,36-,37+,40+,41-,42+/m1/s1. The lowest BCUT2D eigenvalue weighted by molar-refractivity contribution is -0.340. The largest absolute Gasteiger partial charge is 0.394 e. The number of fused-ring (bicyclic) bond motifs is 5. The number of Topliss-reactive ketones (excluding diaryl/α,β-unsaturated/α-hetero) is 1. The van der Waals surface area contributed by atoms with E-state index in [9.17, 15) is 50.8 Å². The van der Waals surface area contributed by atoms with Crippen LogP contribution in [0, 0.1) is 45.3 Å². The van der Waals surface area contributed by atoms with Crippen molar-refractivity contribution in [3.05, 3.63) is 11.6 Å². The Bertz CT molecular complexity index is 1450. The fraction of sp³-hybridized carbons (Fsp3) is 0.929. The molecule has 0 aromatic rings. The molecular weight excluding hydrogens is 728 g/mol. The van der Waals surface area contributed by atoms with Crippen LogP contribution in [-0.2, 0) is 23.7 Å². The molecule has 0 aromatic carbocycles. The molecule has 0 aromatic heterocycles. The fourth-order valence-electron chi connectivity index (χ4n) is 12.3. The van der Waals surface area contributed by atoms with Gasteiger partial charge in [0, 0.05) is 17.3 Å². The molecule has 0 unspecified atom stereocenters. The first-order valence-corrected chi connectivity index (χ1v) is 20.9. The second-order valence-electron chi connectivity index (χ2n) is 20.1. The van der Waals surface area contributed by atoms with Gasteiger partial charge in [-0.1, -0.05) is 53.2 Å². The zero-order chi connectivity index (χ0) is 41.5. The van der Waals surface area contributed by atoms with Gasteiger partial charge in [-0.25, -0.2) is 0 Å². The second-order valence-corrected chi connectivity index (χ2v) is 20.1. The summed E-state index contributed by atoms with van der Waals surface area (Å²) in [5.41, 5.74) is -1.46. The molecular formula is C42H70O14. The molecule has 9 N–H and O–H groups in total. The number of hydrogen-bond acceptors (Lipinski definition) is 14. The quantitative estimate of drug-likeness (QED) is 0.134. The SMILES string of the molecule is C[C@H](CC[C@@H](O)C(C)(C)O)[C@H]1CC[C@@]2(C)[C@@H]3CC=C4[C@@H](CC[C@H](O[C@@H]5O[C@H](CO[C@@H]6O[C@H](CO)[C@@H](O)[C@H](O)[C@H]6O)[C@@H](O)[C@H](O)[C@H]5O)C4(C)C)[C@]3(C)C(=O)C[C@]12C. The van der Waals surface area contributed by atoms with Gasteiger partial charge in [0.15, 0.2) is 12.6 Å². The van der Waals surface area contributed by atoms with E-state index in [1.165, 1.54) is 0 Å². The summed E-state index contributed by atoms with van der Waals surface area (Å²) in [7, 11) is 0. The molecule has 0 bridgehead atoms. The van der Waals surface area contributed by atoms with Crippen LogP contribution >= 0.6 is 0 Å². The number of carbonyl (C=O) groups excluding carboxylic acids is 1. The summed E-state index contributed by atoms with van der Waals surface area (Å²) in [5.74, 6) is 1.05. The molecule has 4 aliphatic carbocycles. The highest BCUT2D eigenvalue weighted by Gasteiger charge is 2.70. The van der Waals surface area contributed by atoms with Gasteiger partial charge in [-0.3, -0.25) is 4.79 Å². The monoisotopic (exact) mass is 798 g/mol. The lowest BCUT2D eigenvalue weighted by Crippen LogP contribution is -2.64. The predicted molar refractivity (Wildman–Crippen MR) is 201 cm³/mol. The summed E-state index contributed by atoms with van der Waals surface area (Å²) < 4.78 is 23.5. The Morgan fingerprint density at radius 1 is 0.839 bits per heavy atom. The van der Waals surface area contributed by atoms with E-state index in [0.717, 1.165) is 31.3 Å². The molecule has 2 aliphatic heterocycles. The van der Waals surface area contributed by atoms with Crippen molar-refractivity contribution in [2.24, 2.45) is 45.3 Å². The van der Waals surface area contributed by atoms with E-state index in [2.05, 4.69) is 47.6 Å². The minimum absolute atomic E-state index is 0.00678. The van der Waals surface area contributed by atoms with Gasteiger partial charge >= 0.3 is 0 Å². The van der Waals surface area contributed by atoms with Gasteiger partial charge in [0.1, 0.15) is 54.6 Å². The molecule has 6 aliphatic rings. The third kappa shape index (κ3) is 7.17. The lowest BCUT2D eigenvalue weighted by atomic mass is 9.38. The van der Waals surface area contributed by atoms with Gasteiger partial charge in [-0.05, 0) is 93.3 Å². The zero-order valence-corrected chi connectivity index (χ0v) is 34.5. The zero-order valence-electron chi connectivity index (χ0n) is 34.5. The normalized spacial score (nSPS) is 49.0. The van der Waals surface area contributed by atoms with Crippen molar-refractivity contribution in [1.29, 1.82) is 0 Å². The van der Waals surface area contributed by atoms with Crippen molar-refractivity contribution >= 4 is 5.78 Å². The van der Waals surface area contributed by atoms with Crippen LogP contribution in [-0.4, -0.2) is 144 Å². The summed E-state index contributed by atoms with van der Waals surface area (Å²) in [6.07, 6.45) is -8.20. The van der Waals surface area contributed by atoms with Gasteiger partial charge < -0.3 is 64.9 Å². The van der Waals surface area contributed by atoms with Gasteiger partial charge in [0.25, 0.3) is 0 Å². The molecule has 5 fully saturated rings. The summed E-state index contributed by atoms with van der Waals surface area (Å²) in [5, 5.41) is 93.8. The first kappa shape index (κ1) is 44.4. The summed E-state index contributed by atoms with van der Waals surface area (Å²) in [4.78, 5) is 14.8. The smallest absolute Gasteiger partial charge is 0.187 e. The first-order chi connectivity index (χ1) is 25.9. The Kier molecular flexibility index (Phi) is 12.5. The topological polar surface area (TPSA) is 236 Å². The maximum atomic E-state index is 14.8. The molecule has 2 heterocycles. The molecule has 19 atom stereocenters. The molecule has 0 spiro atoms. The summed E-state index contributed by atoms with van der Waals surface area (Å²) in [6.45, 7) is 15.5. The highest BCUT2D eigenvalue weighted by molar-refractivity contribution is 5.88. The minimum Gasteiger partial charge on any atom is -0.394 e. The van der Waals surface area contributed by atoms with Crippen LogP contribution in [0.5, 0.6) is 0 Å². The summed E-state index contributed by atoms with van der Waals surface area (Å²) in [6, 6.07) is 0. The van der Waals surface area contributed by atoms with Crippen LogP contribution in [0.1, 0.15) is 107 Å². The highest BCUT2D eigenvalue weighted by Crippen LogP contribution is 2.74. The number of ether oxygens (including phenoxy) is 4. The Morgan fingerprint density at radius 3 is 2.07 bits per heavy atom. The molecule has 14 nitrogen and oxygen atoms in total.